The van der Waals surface area contributed by atoms with E-state index in [-0.39, 0.29) is 25.0 Å². The van der Waals surface area contributed by atoms with E-state index in [0.29, 0.717) is 25.9 Å². The highest BCUT2D eigenvalue weighted by atomic mass is 16.5. The lowest BCUT2D eigenvalue weighted by Gasteiger charge is -2.19. The summed E-state index contributed by atoms with van der Waals surface area (Å²) in [5.41, 5.74) is 0. The summed E-state index contributed by atoms with van der Waals surface area (Å²) in [7, 11) is 1.35. The Labute approximate surface area is 108 Å². The highest BCUT2D eigenvalue weighted by Crippen LogP contribution is 1.92. The fraction of sp³-hybridized carbons (Fsp3) is 0.833. The third kappa shape index (κ3) is 8.95. The summed E-state index contributed by atoms with van der Waals surface area (Å²) >= 11 is 0. The van der Waals surface area contributed by atoms with Crippen molar-refractivity contribution >= 4 is 11.9 Å². The van der Waals surface area contributed by atoms with Gasteiger partial charge in [-0.15, -0.1) is 0 Å². The Morgan fingerprint density at radius 1 is 1.33 bits per heavy atom. The quantitative estimate of drug-likeness (QED) is 0.419. The van der Waals surface area contributed by atoms with E-state index in [4.69, 9.17) is 5.11 Å². The average molecular weight is 260 g/mol. The van der Waals surface area contributed by atoms with Gasteiger partial charge in [0.2, 0.25) is 5.91 Å². The summed E-state index contributed by atoms with van der Waals surface area (Å²) in [5.74, 6) is -0.348. The Bertz CT molecular complexity index is 240. The van der Waals surface area contributed by atoms with E-state index in [2.05, 4.69) is 10.1 Å². The molecule has 6 nitrogen and oxygen atoms in total. The van der Waals surface area contributed by atoms with Gasteiger partial charge in [-0.05, 0) is 19.4 Å². The highest BCUT2D eigenvalue weighted by molar-refractivity contribution is 5.78. The maximum Gasteiger partial charge on any atom is 0.305 e. The minimum Gasteiger partial charge on any atom is -0.469 e. The first kappa shape index (κ1) is 16.9. The third-order valence-corrected chi connectivity index (χ3v) is 2.43. The molecule has 0 rings (SSSR count). The largest absolute Gasteiger partial charge is 0.469 e. The lowest BCUT2D eigenvalue weighted by molar-refractivity contribution is -0.140. The van der Waals surface area contributed by atoms with Crippen LogP contribution in [0.15, 0.2) is 0 Å². The van der Waals surface area contributed by atoms with Crippen molar-refractivity contribution in [3.05, 3.63) is 0 Å². The number of methoxy groups -OCH3 is 1. The van der Waals surface area contributed by atoms with Gasteiger partial charge in [-0.1, -0.05) is 6.92 Å². The fourth-order valence-electron chi connectivity index (χ4n) is 1.55. The molecule has 1 amide bonds. The first-order chi connectivity index (χ1) is 8.63. The molecule has 0 heterocycles. The SMILES string of the molecule is CCCN(CCO)CC(=O)NCCCC(=O)OC. The minimum absolute atomic E-state index is 0.0512. The molecule has 0 aromatic carbocycles. The Balaban J connectivity index is 3.70. The molecule has 0 aliphatic rings. The van der Waals surface area contributed by atoms with Crippen LogP contribution in [0, 0.1) is 0 Å². The lowest BCUT2D eigenvalue weighted by atomic mass is 10.3. The van der Waals surface area contributed by atoms with Crippen molar-refractivity contribution in [1.29, 1.82) is 0 Å². The van der Waals surface area contributed by atoms with Crippen LogP contribution in [0.4, 0.5) is 0 Å². The summed E-state index contributed by atoms with van der Waals surface area (Å²) < 4.78 is 4.50. The number of aliphatic hydroxyl groups is 1. The standard InChI is InChI=1S/C12H24N2O4/c1-3-7-14(8-9-15)10-11(16)13-6-4-5-12(17)18-2/h15H,3-10H2,1-2H3,(H,13,16). The molecule has 0 aromatic heterocycles. The molecule has 0 saturated carbocycles. The maximum absolute atomic E-state index is 11.6. The van der Waals surface area contributed by atoms with Crippen LogP contribution in [0.25, 0.3) is 0 Å². The molecule has 0 aromatic rings. The minimum atomic E-state index is -0.267. The molecule has 0 aliphatic carbocycles. The van der Waals surface area contributed by atoms with Gasteiger partial charge in [0.1, 0.15) is 0 Å². The summed E-state index contributed by atoms with van der Waals surface area (Å²) in [6.45, 7) is 4.12. The number of nitrogens with one attached hydrogen (secondary N) is 1. The van der Waals surface area contributed by atoms with Gasteiger partial charge < -0.3 is 15.2 Å². The summed E-state index contributed by atoms with van der Waals surface area (Å²) in [6, 6.07) is 0. The Kier molecular flexibility index (Phi) is 10.3. The third-order valence-electron chi connectivity index (χ3n) is 2.43. The molecule has 0 fully saturated rings. The molecule has 0 unspecified atom stereocenters. The predicted octanol–water partition coefficient (Wildman–Crippen LogP) is -0.240. The molecular weight excluding hydrogens is 236 g/mol. The summed E-state index contributed by atoms with van der Waals surface area (Å²) in [4.78, 5) is 24.3. The van der Waals surface area contributed by atoms with Gasteiger partial charge in [-0.25, -0.2) is 0 Å². The van der Waals surface area contributed by atoms with Crippen molar-refractivity contribution in [2.75, 3.05) is 39.9 Å². The van der Waals surface area contributed by atoms with Crippen LogP contribution < -0.4 is 5.32 Å². The molecular formula is C12H24N2O4. The van der Waals surface area contributed by atoms with Crippen molar-refractivity contribution in [3.8, 4) is 0 Å². The first-order valence-electron chi connectivity index (χ1n) is 6.30. The molecule has 0 aliphatic heterocycles. The van der Waals surface area contributed by atoms with E-state index >= 15 is 0 Å². The fourth-order valence-corrected chi connectivity index (χ4v) is 1.55. The van der Waals surface area contributed by atoms with Crippen LogP contribution in [0.3, 0.4) is 0 Å². The van der Waals surface area contributed by atoms with Crippen molar-refractivity contribution in [2.24, 2.45) is 0 Å². The predicted molar refractivity (Wildman–Crippen MR) is 68.1 cm³/mol. The van der Waals surface area contributed by atoms with Crippen LogP contribution in [-0.4, -0.2) is 61.8 Å². The number of amides is 1. The number of rotatable bonds is 10. The van der Waals surface area contributed by atoms with Gasteiger partial charge in [-0.2, -0.15) is 0 Å². The van der Waals surface area contributed by atoms with E-state index in [1.165, 1.54) is 7.11 Å². The molecule has 106 valence electrons. The molecule has 0 radical (unpaired) electrons. The lowest BCUT2D eigenvalue weighted by Crippen LogP contribution is -2.39. The normalized spacial score (nSPS) is 10.4. The zero-order valence-corrected chi connectivity index (χ0v) is 11.3. The maximum atomic E-state index is 11.6. The van der Waals surface area contributed by atoms with E-state index in [0.717, 1.165) is 13.0 Å². The molecule has 18 heavy (non-hydrogen) atoms. The second-order valence-electron chi connectivity index (χ2n) is 4.03. The number of carbonyl (C=O) groups excluding carboxylic acids is 2. The number of nitrogens with zero attached hydrogens (tertiary/aromatic N) is 1. The first-order valence-corrected chi connectivity index (χ1v) is 6.30. The topological polar surface area (TPSA) is 78.9 Å². The zero-order valence-electron chi connectivity index (χ0n) is 11.3. The van der Waals surface area contributed by atoms with Crippen LogP contribution in [-0.2, 0) is 14.3 Å². The number of ether oxygens (including phenoxy) is 1. The van der Waals surface area contributed by atoms with Crippen molar-refractivity contribution in [2.45, 2.75) is 26.2 Å². The van der Waals surface area contributed by atoms with Crippen LogP contribution >= 0.6 is 0 Å². The summed E-state index contributed by atoms with van der Waals surface area (Å²) in [5, 5.41) is 11.6. The van der Waals surface area contributed by atoms with E-state index in [1.807, 2.05) is 11.8 Å². The number of aliphatic hydroxyl groups excluding tert-OH is 1. The molecule has 6 heteroatoms. The molecule has 0 bridgehead atoms. The monoisotopic (exact) mass is 260 g/mol. The number of hydrogen-bond acceptors (Lipinski definition) is 5. The Morgan fingerprint density at radius 3 is 2.61 bits per heavy atom. The summed E-state index contributed by atoms with van der Waals surface area (Å²) in [6.07, 6.45) is 1.83. The number of carbonyl (C=O) groups is 2. The van der Waals surface area contributed by atoms with Crippen LogP contribution in [0.2, 0.25) is 0 Å². The molecule has 2 N–H and O–H groups in total. The zero-order chi connectivity index (χ0) is 13.8. The van der Waals surface area contributed by atoms with E-state index in [9.17, 15) is 9.59 Å². The smallest absolute Gasteiger partial charge is 0.305 e. The average Bonchev–Trinajstić information content (AvgIpc) is 2.35. The van der Waals surface area contributed by atoms with Crippen molar-refractivity contribution < 1.29 is 19.4 Å². The van der Waals surface area contributed by atoms with Crippen LogP contribution in [0.1, 0.15) is 26.2 Å². The van der Waals surface area contributed by atoms with Crippen molar-refractivity contribution in [3.63, 3.8) is 0 Å². The van der Waals surface area contributed by atoms with Gasteiger partial charge in [0.05, 0.1) is 20.3 Å². The molecule has 0 atom stereocenters. The Hall–Kier alpha value is -1.14. The number of esters is 1. The molecule has 0 spiro atoms. The van der Waals surface area contributed by atoms with Crippen molar-refractivity contribution in [1.82, 2.24) is 10.2 Å². The highest BCUT2D eigenvalue weighted by Gasteiger charge is 2.09. The van der Waals surface area contributed by atoms with Gasteiger partial charge >= 0.3 is 5.97 Å². The second-order valence-corrected chi connectivity index (χ2v) is 4.03. The second kappa shape index (κ2) is 11.0. The molecule has 0 saturated heterocycles. The van der Waals surface area contributed by atoms with Gasteiger partial charge in [-0.3, -0.25) is 14.5 Å². The number of hydrogen-bond donors (Lipinski definition) is 2. The Morgan fingerprint density at radius 2 is 2.06 bits per heavy atom. The van der Waals surface area contributed by atoms with Gasteiger partial charge in [0.25, 0.3) is 0 Å². The van der Waals surface area contributed by atoms with Gasteiger partial charge in [0.15, 0.2) is 0 Å². The van der Waals surface area contributed by atoms with E-state index < -0.39 is 0 Å². The van der Waals surface area contributed by atoms with Gasteiger partial charge in [0, 0.05) is 19.5 Å². The van der Waals surface area contributed by atoms with E-state index in [1.54, 1.807) is 0 Å². The van der Waals surface area contributed by atoms with Crippen LogP contribution in [0.5, 0.6) is 0 Å².